The molecule has 1 N–H and O–H groups in total. The number of pyridine rings is 1. The highest BCUT2D eigenvalue weighted by atomic mass is 35.5. The van der Waals surface area contributed by atoms with Crippen LogP contribution in [0.15, 0.2) is 36.4 Å². The standard InChI is InChI=1S/C28H31ClF5N3O2/c1-5-8-10-16(4)22(38)20-14-18-15-21(37(7-3)25(18)36-24(20)29)26(39)35-23(27(30,31)6-2)17-11-9-12-19(13-17)28(32,33)34/h9,11-16,23H,5-8,10H2,1-4H3,(H,35,39). The minimum atomic E-state index is -4.74. The first-order valence-electron chi connectivity index (χ1n) is 12.8. The Labute approximate surface area is 228 Å². The summed E-state index contributed by atoms with van der Waals surface area (Å²) < 4.78 is 71.2. The van der Waals surface area contributed by atoms with Gasteiger partial charge in [-0.3, -0.25) is 9.59 Å². The Hall–Kier alpha value is -3.01. The average Bonchev–Trinajstić information content (AvgIpc) is 3.26. The second-order valence-corrected chi connectivity index (χ2v) is 9.92. The highest BCUT2D eigenvalue weighted by molar-refractivity contribution is 6.33. The van der Waals surface area contributed by atoms with Crippen molar-refractivity contribution in [2.75, 3.05) is 0 Å². The van der Waals surface area contributed by atoms with Crippen LogP contribution in [0.2, 0.25) is 5.15 Å². The molecular weight excluding hydrogens is 541 g/mol. The summed E-state index contributed by atoms with van der Waals surface area (Å²) in [5, 5.41) is 2.62. The molecule has 0 radical (unpaired) electrons. The fraction of sp³-hybridized carbons (Fsp3) is 0.464. The first kappa shape index (κ1) is 30.5. The first-order chi connectivity index (χ1) is 18.2. The average molecular weight is 572 g/mol. The van der Waals surface area contributed by atoms with Gasteiger partial charge in [-0.2, -0.15) is 13.2 Å². The number of carbonyl (C=O) groups excluding carboxylic acids is 2. The number of aromatic nitrogens is 2. The molecule has 2 unspecified atom stereocenters. The molecule has 0 saturated carbocycles. The molecule has 39 heavy (non-hydrogen) atoms. The summed E-state index contributed by atoms with van der Waals surface area (Å²) in [5.41, 5.74) is -1.03. The van der Waals surface area contributed by atoms with Crippen LogP contribution in [-0.4, -0.2) is 27.2 Å². The number of alkyl halides is 5. The minimum Gasteiger partial charge on any atom is -0.338 e. The van der Waals surface area contributed by atoms with Gasteiger partial charge in [-0.25, -0.2) is 13.8 Å². The maximum atomic E-state index is 15.0. The number of Topliss-reactive ketones (excluding diaryl/α,β-unsaturated/α-hetero) is 1. The molecule has 0 fully saturated rings. The van der Waals surface area contributed by atoms with Crippen molar-refractivity contribution in [1.29, 1.82) is 0 Å². The van der Waals surface area contributed by atoms with E-state index in [1.54, 1.807) is 13.8 Å². The maximum absolute atomic E-state index is 15.0. The summed E-state index contributed by atoms with van der Waals surface area (Å²) in [4.78, 5) is 30.6. The molecule has 3 rings (SSSR count). The largest absolute Gasteiger partial charge is 0.416 e. The molecule has 5 nitrogen and oxygen atoms in total. The van der Waals surface area contributed by atoms with E-state index in [0.29, 0.717) is 17.9 Å². The summed E-state index contributed by atoms with van der Waals surface area (Å²) in [5.74, 6) is -4.95. The number of hydrogen-bond donors (Lipinski definition) is 1. The van der Waals surface area contributed by atoms with Crippen molar-refractivity contribution >= 4 is 34.3 Å². The van der Waals surface area contributed by atoms with Crippen molar-refractivity contribution in [2.45, 2.75) is 78.1 Å². The van der Waals surface area contributed by atoms with E-state index >= 15 is 0 Å². The number of carbonyl (C=O) groups is 2. The maximum Gasteiger partial charge on any atom is 0.416 e. The molecule has 0 bridgehead atoms. The Morgan fingerprint density at radius 2 is 1.77 bits per heavy atom. The van der Waals surface area contributed by atoms with Gasteiger partial charge >= 0.3 is 6.18 Å². The van der Waals surface area contributed by atoms with Gasteiger partial charge in [0.05, 0.1) is 11.1 Å². The minimum absolute atomic E-state index is 0.0324. The predicted octanol–water partition coefficient (Wildman–Crippen LogP) is 8.25. The molecule has 0 saturated heterocycles. The zero-order valence-corrected chi connectivity index (χ0v) is 22.9. The molecular formula is C28H31ClF5N3O2. The SMILES string of the molecule is CCCCC(C)C(=O)c1cc2cc(C(=O)NC(c3cccc(C(F)(F)F)c3)C(F)(F)CC)n(CC)c2nc1Cl. The highest BCUT2D eigenvalue weighted by Crippen LogP contribution is 2.38. The first-order valence-corrected chi connectivity index (χ1v) is 13.2. The molecule has 1 aromatic carbocycles. The zero-order valence-electron chi connectivity index (χ0n) is 22.1. The molecule has 2 heterocycles. The summed E-state index contributed by atoms with van der Waals surface area (Å²) in [6.45, 7) is 6.93. The van der Waals surface area contributed by atoms with E-state index in [1.165, 1.54) is 23.6 Å². The lowest BCUT2D eigenvalue weighted by Crippen LogP contribution is -2.41. The molecule has 3 aromatic rings. The van der Waals surface area contributed by atoms with Crippen LogP contribution in [0.1, 0.15) is 91.4 Å². The Bertz CT molecular complexity index is 1350. The number of fused-ring (bicyclic) bond motifs is 1. The lowest BCUT2D eigenvalue weighted by molar-refractivity contribution is -0.137. The van der Waals surface area contributed by atoms with Gasteiger partial charge in [-0.15, -0.1) is 0 Å². The summed E-state index contributed by atoms with van der Waals surface area (Å²) in [7, 11) is 0. The lowest BCUT2D eigenvalue weighted by Gasteiger charge is -2.28. The van der Waals surface area contributed by atoms with Crippen molar-refractivity contribution in [1.82, 2.24) is 14.9 Å². The normalized spacial score (nSPS) is 13.9. The van der Waals surface area contributed by atoms with E-state index in [9.17, 15) is 31.5 Å². The van der Waals surface area contributed by atoms with Crippen LogP contribution in [0.3, 0.4) is 0 Å². The topological polar surface area (TPSA) is 64.0 Å². The molecule has 0 aliphatic heterocycles. The van der Waals surface area contributed by atoms with Crippen molar-refractivity contribution in [3.8, 4) is 0 Å². The van der Waals surface area contributed by atoms with Crippen LogP contribution in [0.5, 0.6) is 0 Å². The summed E-state index contributed by atoms with van der Waals surface area (Å²) >= 11 is 6.35. The monoisotopic (exact) mass is 571 g/mol. The summed E-state index contributed by atoms with van der Waals surface area (Å²) in [6.07, 6.45) is -2.99. The second kappa shape index (κ2) is 12.0. The number of ketones is 1. The van der Waals surface area contributed by atoms with E-state index in [-0.39, 0.29) is 45.9 Å². The second-order valence-electron chi connectivity index (χ2n) is 9.57. The van der Waals surface area contributed by atoms with E-state index in [1.807, 2.05) is 6.92 Å². The third-order valence-electron chi connectivity index (χ3n) is 6.79. The Morgan fingerprint density at radius 3 is 2.36 bits per heavy atom. The van der Waals surface area contributed by atoms with Crippen LogP contribution >= 0.6 is 11.6 Å². The predicted molar refractivity (Wildman–Crippen MR) is 140 cm³/mol. The fourth-order valence-corrected chi connectivity index (χ4v) is 4.71. The van der Waals surface area contributed by atoms with Crippen molar-refractivity contribution in [3.05, 3.63) is 63.9 Å². The molecule has 0 aliphatic rings. The third kappa shape index (κ3) is 6.59. The highest BCUT2D eigenvalue weighted by Gasteiger charge is 2.41. The van der Waals surface area contributed by atoms with Gasteiger partial charge in [0.1, 0.15) is 22.5 Å². The molecule has 1 amide bonds. The lowest BCUT2D eigenvalue weighted by atomic mass is 9.95. The van der Waals surface area contributed by atoms with E-state index in [2.05, 4.69) is 10.3 Å². The van der Waals surface area contributed by atoms with Crippen LogP contribution in [0.25, 0.3) is 11.0 Å². The number of unbranched alkanes of at least 4 members (excludes halogenated alkanes) is 1. The van der Waals surface area contributed by atoms with Gasteiger partial charge in [-0.1, -0.05) is 57.3 Å². The van der Waals surface area contributed by atoms with E-state index in [0.717, 1.165) is 31.0 Å². The molecule has 212 valence electrons. The third-order valence-corrected chi connectivity index (χ3v) is 7.08. The van der Waals surface area contributed by atoms with E-state index in [4.69, 9.17) is 11.6 Å². The van der Waals surface area contributed by atoms with Crippen molar-refractivity contribution in [2.24, 2.45) is 5.92 Å². The Kier molecular flexibility index (Phi) is 9.41. The van der Waals surface area contributed by atoms with Gasteiger partial charge in [0.2, 0.25) is 0 Å². The van der Waals surface area contributed by atoms with E-state index < -0.39 is 36.0 Å². The number of benzene rings is 1. The molecule has 0 spiro atoms. The van der Waals surface area contributed by atoms with Crippen molar-refractivity contribution in [3.63, 3.8) is 0 Å². The number of nitrogens with zero attached hydrogens (tertiary/aromatic N) is 2. The molecule has 2 atom stereocenters. The number of amides is 1. The van der Waals surface area contributed by atoms with Crippen LogP contribution < -0.4 is 5.32 Å². The fourth-order valence-electron chi connectivity index (χ4n) is 4.48. The van der Waals surface area contributed by atoms with Crippen molar-refractivity contribution < 1.29 is 31.5 Å². The van der Waals surface area contributed by atoms with Gasteiger partial charge in [0.25, 0.3) is 11.8 Å². The zero-order chi connectivity index (χ0) is 29.1. The van der Waals surface area contributed by atoms with Crippen LogP contribution in [-0.2, 0) is 12.7 Å². The number of rotatable bonds is 11. The molecule has 0 aliphatic carbocycles. The Morgan fingerprint density at radius 1 is 1.08 bits per heavy atom. The number of hydrogen-bond acceptors (Lipinski definition) is 3. The molecule has 11 heteroatoms. The number of nitrogens with one attached hydrogen (secondary N) is 1. The van der Waals surface area contributed by atoms with Crippen LogP contribution in [0.4, 0.5) is 22.0 Å². The van der Waals surface area contributed by atoms with Gasteiger partial charge in [-0.05, 0) is 43.2 Å². The van der Waals surface area contributed by atoms with Gasteiger partial charge in [0, 0.05) is 24.3 Å². The van der Waals surface area contributed by atoms with Crippen LogP contribution in [0, 0.1) is 5.92 Å². The number of aryl methyl sites for hydroxylation is 1. The smallest absolute Gasteiger partial charge is 0.338 e. The van der Waals surface area contributed by atoms with Gasteiger partial charge in [0.15, 0.2) is 5.78 Å². The Balaban J connectivity index is 2.03. The van der Waals surface area contributed by atoms with Gasteiger partial charge < -0.3 is 9.88 Å². The quantitative estimate of drug-likeness (QED) is 0.143. The summed E-state index contributed by atoms with van der Waals surface area (Å²) in [6, 6.07) is 4.47. The molecule has 2 aromatic heterocycles. The number of halogens is 6.